The van der Waals surface area contributed by atoms with Crippen molar-refractivity contribution in [2.45, 2.75) is 25.1 Å². The molecule has 3 aromatic rings. The van der Waals surface area contributed by atoms with Gasteiger partial charge in [0.15, 0.2) is 5.82 Å². The molecule has 0 aliphatic rings. The third kappa shape index (κ3) is 5.69. The maximum atomic E-state index is 4.72. The van der Waals surface area contributed by atoms with Crippen LogP contribution in [0.1, 0.15) is 27.0 Å². The van der Waals surface area contributed by atoms with Crippen LogP contribution in [-0.2, 0) is 32.2 Å². The summed E-state index contributed by atoms with van der Waals surface area (Å²) >= 11 is 3.89. The lowest BCUT2D eigenvalue weighted by Gasteiger charge is -2.06. The van der Waals surface area contributed by atoms with E-state index in [1.54, 1.807) is 0 Å². The molecule has 0 amide bonds. The number of thioether (sulfide) groups is 1. The molecule has 0 unspecified atom stereocenters. The van der Waals surface area contributed by atoms with Gasteiger partial charge in [-0.2, -0.15) is 16.9 Å². The number of aryl methyl sites for hydroxylation is 2. The largest absolute Gasteiger partial charge is 0.304 e. The zero-order valence-corrected chi connectivity index (χ0v) is 17.3. The van der Waals surface area contributed by atoms with Gasteiger partial charge >= 0.3 is 0 Å². The molecule has 6 heteroatoms. The van der Waals surface area contributed by atoms with Gasteiger partial charge in [-0.25, -0.2) is 4.98 Å². The molecule has 0 atom stereocenters. The van der Waals surface area contributed by atoms with E-state index in [9.17, 15) is 0 Å². The van der Waals surface area contributed by atoms with Gasteiger partial charge in [0.25, 0.3) is 0 Å². The monoisotopic (exact) mass is 386 g/mol. The van der Waals surface area contributed by atoms with Crippen LogP contribution in [0, 0.1) is 0 Å². The first kappa shape index (κ1) is 19.1. The molecule has 0 aliphatic carbocycles. The lowest BCUT2D eigenvalue weighted by atomic mass is 10.1. The lowest BCUT2D eigenvalue weighted by Crippen LogP contribution is -2.09. The van der Waals surface area contributed by atoms with Gasteiger partial charge in [-0.05, 0) is 31.8 Å². The van der Waals surface area contributed by atoms with Crippen molar-refractivity contribution in [3.05, 3.63) is 69.4 Å². The number of nitrogens with zero attached hydrogens (tertiary/aromatic N) is 4. The van der Waals surface area contributed by atoms with E-state index < -0.39 is 0 Å². The number of thiophene rings is 1. The van der Waals surface area contributed by atoms with Crippen molar-refractivity contribution in [3.8, 4) is 0 Å². The average molecular weight is 387 g/mol. The first-order valence-corrected chi connectivity index (χ1v) is 10.8. The van der Waals surface area contributed by atoms with Crippen LogP contribution in [0.5, 0.6) is 0 Å². The second-order valence-corrected chi connectivity index (χ2v) is 9.00. The van der Waals surface area contributed by atoms with Crippen molar-refractivity contribution in [3.63, 3.8) is 0 Å². The molecule has 0 radical (unpaired) electrons. The summed E-state index contributed by atoms with van der Waals surface area (Å²) in [6.45, 7) is 1.03. The Morgan fingerprint density at radius 2 is 1.85 bits per heavy atom. The summed E-state index contributed by atoms with van der Waals surface area (Å²) in [5.41, 5.74) is 1.25. The molecule has 4 nitrogen and oxygen atoms in total. The highest BCUT2D eigenvalue weighted by molar-refractivity contribution is 7.98. The predicted octanol–water partition coefficient (Wildman–Crippen LogP) is 4.00. The van der Waals surface area contributed by atoms with E-state index >= 15 is 0 Å². The first-order chi connectivity index (χ1) is 12.6. The molecule has 1 aromatic carbocycles. The van der Waals surface area contributed by atoms with E-state index in [0.29, 0.717) is 0 Å². The smallest absolute Gasteiger partial charge is 0.155 e. The Balaban J connectivity index is 1.45. The minimum atomic E-state index is 0.797. The van der Waals surface area contributed by atoms with Crippen LogP contribution >= 0.6 is 23.1 Å². The maximum Gasteiger partial charge on any atom is 0.155 e. The van der Waals surface area contributed by atoms with Crippen molar-refractivity contribution in [1.82, 2.24) is 19.7 Å². The van der Waals surface area contributed by atoms with Gasteiger partial charge in [0, 0.05) is 47.7 Å². The van der Waals surface area contributed by atoms with E-state index in [1.807, 2.05) is 40.9 Å². The Morgan fingerprint density at radius 1 is 1.08 bits per heavy atom. The molecule has 0 aliphatic heterocycles. The van der Waals surface area contributed by atoms with E-state index in [-0.39, 0.29) is 0 Å². The van der Waals surface area contributed by atoms with Gasteiger partial charge in [0.05, 0.1) is 0 Å². The van der Waals surface area contributed by atoms with E-state index in [4.69, 9.17) is 4.98 Å². The Kier molecular flexibility index (Phi) is 6.88. The van der Waals surface area contributed by atoms with Crippen LogP contribution in [-0.4, -0.2) is 39.5 Å². The number of rotatable bonds is 9. The minimum Gasteiger partial charge on any atom is -0.304 e. The van der Waals surface area contributed by atoms with E-state index in [1.165, 1.54) is 15.3 Å². The van der Waals surface area contributed by atoms with Crippen LogP contribution in [0.2, 0.25) is 0 Å². The van der Waals surface area contributed by atoms with Crippen LogP contribution in [0.4, 0.5) is 0 Å². The van der Waals surface area contributed by atoms with Gasteiger partial charge in [-0.1, -0.05) is 30.3 Å². The third-order valence-corrected chi connectivity index (χ3v) is 6.27. The lowest BCUT2D eigenvalue weighted by molar-refractivity contribution is 0.406. The highest BCUT2D eigenvalue weighted by atomic mass is 32.2. The van der Waals surface area contributed by atoms with E-state index in [2.05, 4.69) is 60.5 Å². The quantitative estimate of drug-likeness (QED) is 0.521. The summed E-state index contributed by atoms with van der Waals surface area (Å²) in [4.78, 5) is 9.82. The fourth-order valence-corrected chi connectivity index (χ4v) is 4.96. The van der Waals surface area contributed by atoms with Gasteiger partial charge in [0.2, 0.25) is 0 Å². The van der Waals surface area contributed by atoms with Crippen molar-refractivity contribution in [2.24, 2.45) is 7.05 Å². The molecule has 0 bridgehead atoms. The van der Waals surface area contributed by atoms with Crippen LogP contribution < -0.4 is 0 Å². The topological polar surface area (TPSA) is 34.0 Å². The molecular weight excluding hydrogens is 360 g/mol. The van der Waals surface area contributed by atoms with Gasteiger partial charge < -0.3 is 4.90 Å². The fraction of sp³-hybridized carbons (Fsp3) is 0.400. The van der Waals surface area contributed by atoms with Crippen LogP contribution in [0.25, 0.3) is 0 Å². The SMILES string of the molecule is CN(C)Cc1ccc(CSCCc2nc(Cc3ccccc3)nn2C)s1. The number of benzene rings is 1. The Bertz CT molecular complexity index is 808. The predicted molar refractivity (Wildman–Crippen MR) is 112 cm³/mol. The summed E-state index contributed by atoms with van der Waals surface area (Å²) in [6, 6.07) is 14.9. The number of aromatic nitrogens is 3. The van der Waals surface area contributed by atoms with Crippen molar-refractivity contribution in [2.75, 3.05) is 19.8 Å². The van der Waals surface area contributed by atoms with Crippen LogP contribution in [0.15, 0.2) is 42.5 Å². The van der Waals surface area contributed by atoms with Crippen molar-refractivity contribution in [1.29, 1.82) is 0 Å². The second kappa shape index (κ2) is 9.35. The number of hydrogen-bond donors (Lipinski definition) is 0. The minimum absolute atomic E-state index is 0.797. The third-order valence-electron chi connectivity index (χ3n) is 4.01. The molecule has 3 rings (SSSR count). The average Bonchev–Trinajstić information content (AvgIpc) is 3.18. The highest BCUT2D eigenvalue weighted by Gasteiger charge is 2.08. The molecule has 2 heterocycles. The molecule has 2 aromatic heterocycles. The standard InChI is InChI=1S/C20H26N4S2/c1-23(2)14-17-9-10-18(26-17)15-25-12-11-20-21-19(22-24(20)3)13-16-7-5-4-6-8-16/h4-10H,11-15H2,1-3H3. The first-order valence-electron chi connectivity index (χ1n) is 8.83. The number of hydrogen-bond acceptors (Lipinski definition) is 5. The summed E-state index contributed by atoms with van der Waals surface area (Å²) in [5.74, 6) is 4.12. The summed E-state index contributed by atoms with van der Waals surface area (Å²) < 4.78 is 1.93. The molecule has 0 saturated carbocycles. The Labute approximate surface area is 164 Å². The van der Waals surface area contributed by atoms with Crippen LogP contribution in [0.3, 0.4) is 0 Å². The maximum absolute atomic E-state index is 4.72. The van der Waals surface area contributed by atoms with Gasteiger partial charge in [-0.15, -0.1) is 11.3 Å². The zero-order valence-electron chi connectivity index (χ0n) is 15.7. The normalized spacial score (nSPS) is 11.4. The summed E-state index contributed by atoms with van der Waals surface area (Å²) in [5, 5.41) is 4.57. The van der Waals surface area contributed by atoms with Gasteiger partial charge in [-0.3, -0.25) is 4.68 Å². The van der Waals surface area contributed by atoms with Gasteiger partial charge in [0.1, 0.15) is 5.82 Å². The molecule has 138 valence electrons. The second-order valence-electron chi connectivity index (χ2n) is 6.64. The molecule has 0 spiro atoms. The Hall–Kier alpha value is -1.63. The molecule has 0 saturated heterocycles. The Morgan fingerprint density at radius 3 is 2.62 bits per heavy atom. The zero-order chi connectivity index (χ0) is 18.4. The summed E-state index contributed by atoms with van der Waals surface area (Å²) in [7, 11) is 6.22. The molecule has 0 N–H and O–H groups in total. The van der Waals surface area contributed by atoms with Crippen molar-refractivity contribution >= 4 is 23.1 Å². The van der Waals surface area contributed by atoms with Crippen molar-refractivity contribution < 1.29 is 0 Å². The highest BCUT2D eigenvalue weighted by Crippen LogP contribution is 2.23. The fourth-order valence-electron chi connectivity index (χ4n) is 2.78. The van der Waals surface area contributed by atoms with E-state index in [0.717, 1.165) is 42.5 Å². The molecular formula is C20H26N4S2. The molecule has 0 fully saturated rings. The summed E-state index contributed by atoms with van der Waals surface area (Å²) in [6.07, 6.45) is 1.75. The molecule has 26 heavy (non-hydrogen) atoms.